The van der Waals surface area contributed by atoms with E-state index in [1.807, 2.05) is 13.8 Å². The summed E-state index contributed by atoms with van der Waals surface area (Å²) in [5, 5.41) is 5.11. The largest absolute Gasteiger partial charge is 0.369 e. The van der Waals surface area contributed by atoms with Crippen molar-refractivity contribution in [3.63, 3.8) is 0 Å². The predicted octanol–water partition coefficient (Wildman–Crippen LogP) is 2.02. The van der Waals surface area contributed by atoms with Crippen LogP contribution in [0.15, 0.2) is 53.4 Å². The van der Waals surface area contributed by atoms with Crippen LogP contribution in [0.2, 0.25) is 0 Å². The van der Waals surface area contributed by atoms with Crippen LogP contribution < -0.4 is 10.9 Å². The molecule has 0 radical (unpaired) electrons. The van der Waals surface area contributed by atoms with Gasteiger partial charge in [0.15, 0.2) is 0 Å². The van der Waals surface area contributed by atoms with Gasteiger partial charge >= 0.3 is 0 Å². The van der Waals surface area contributed by atoms with Gasteiger partial charge in [-0.15, -0.1) is 0 Å². The van der Waals surface area contributed by atoms with Crippen LogP contribution in [0.3, 0.4) is 0 Å². The summed E-state index contributed by atoms with van der Waals surface area (Å²) in [6, 6.07) is 12.0. The molecule has 0 saturated heterocycles. The lowest BCUT2D eigenvalue weighted by molar-refractivity contribution is -0.121. The Morgan fingerprint density at radius 1 is 1.08 bits per heavy atom. The molecule has 5 nitrogen and oxygen atoms in total. The second-order valence-corrected chi connectivity index (χ2v) is 8.48. The topological polar surface area (TPSA) is 103 Å². The number of nitrogens with two attached hydrogens (primary N) is 2. The number of primary sulfonamides is 1. The Morgan fingerprint density at radius 2 is 1.64 bits per heavy atom. The molecule has 1 aliphatic rings. The number of benzene rings is 2. The number of rotatable bonds is 4. The van der Waals surface area contributed by atoms with Gasteiger partial charge in [-0.2, -0.15) is 0 Å². The molecule has 0 bridgehead atoms. The Balaban J connectivity index is 2.14. The fourth-order valence-electron chi connectivity index (χ4n) is 4.16. The van der Waals surface area contributed by atoms with E-state index in [9.17, 15) is 17.6 Å². The van der Waals surface area contributed by atoms with Gasteiger partial charge < -0.3 is 5.73 Å². The first-order valence-electron chi connectivity index (χ1n) is 7.72. The Hall–Kier alpha value is -2.25. The highest BCUT2D eigenvalue weighted by molar-refractivity contribution is 7.89. The van der Waals surface area contributed by atoms with E-state index in [4.69, 9.17) is 10.9 Å². The predicted molar refractivity (Wildman–Crippen MR) is 91.6 cm³/mol. The zero-order valence-electron chi connectivity index (χ0n) is 13.9. The van der Waals surface area contributed by atoms with Crippen molar-refractivity contribution in [3.8, 4) is 0 Å². The van der Waals surface area contributed by atoms with Crippen molar-refractivity contribution in [1.82, 2.24) is 0 Å². The smallest absolute Gasteiger partial charge is 0.238 e. The summed E-state index contributed by atoms with van der Waals surface area (Å²) in [6.45, 7) is 3.70. The first kappa shape index (κ1) is 17.6. The van der Waals surface area contributed by atoms with E-state index in [1.165, 1.54) is 18.2 Å². The Morgan fingerprint density at radius 3 is 2.12 bits per heavy atom. The molecule has 132 valence electrons. The van der Waals surface area contributed by atoms with Gasteiger partial charge in [0.1, 0.15) is 5.82 Å². The molecule has 1 amide bonds. The van der Waals surface area contributed by atoms with Crippen LogP contribution in [-0.4, -0.2) is 14.3 Å². The van der Waals surface area contributed by atoms with Gasteiger partial charge in [0.25, 0.3) is 0 Å². The van der Waals surface area contributed by atoms with Crippen molar-refractivity contribution in [1.29, 1.82) is 0 Å². The average molecular weight is 362 g/mol. The maximum Gasteiger partial charge on any atom is 0.238 e. The molecule has 2 unspecified atom stereocenters. The molecule has 4 N–H and O–H groups in total. The first-order chi connectivity index (χ1) is 11.5. The first-order valence-corrected chi connectivity index (χ1v) is 9.27. The summed E-state index contributed by atoms with van der Waals surface area (Å²) >= 11 is 0. The number of amides is 1. The number of hydrogen-bond donors (Lipinski definition) is 2. The molecule has 25 heavy (non-hydrogen) atoms. The van der Waals surface area contributed by atoms with Crippen molar-refractivity contribution < 1.29 is 17.6 Å². The lowest BCUT2D eigenvalue weighted by Gasteiger charge is -2.18. The monoisotopic (exact) mass is 362 g/mol. The van der Waals surface area contributed by atoms with Crippen molar-refractivity contribution >= 4 is 15.9 Å². The zero-order valence-corrected chi connectivity index (χ0v) is 14.7. The fourth-order valence-corrected chi connectivity index (χ4v) is 4.67. The van der Waals surface area contributed by atoms with Gasteiger partial charge in [0, 0.05) is 11.5 Å². The van der Waals surface area contributed by atoms with E-state index in [-0.39, 0.29) is 16.4 Å². The third-order valence-corrected chi connectivity index (χ3v) is 6.25. The van der Waals surface area contributed by atoms with Crippen LogP contribution in [0.5, 0.6) is 0 Å². The van der Waals surface area contributed by atoms with E-state index >= 15 is 0 Å². The Bertz CT molecular complexity index is 955. The number of hydrogen-bond acceptors (Lipinski definition) is 3. The van der Waals surface area contributed by atoms with Crippen molar-refractivity contribution in [2.45, 2.75) is 30.1 Å². The molecule has 0 heterocycles. The van der Waals surface area contributed by atoms with E-state index in [0.717, 1.165) is 0 Å². The number of carbonyl (C=O) groups excluding carboxylic acids is 1. The minimum Gasteiger partial charge on any atom is -0.369 e. The Kier molecular flexibility index (Phi) is 3.78. The van der Waals surface area contributed by atoms with Gasteiger partial charge in [-0.3, -0.25) is 4.79 Å². The number of carbonyl (C=O) groups is 1. The molecule has 1 aliphatic carbocycles. The lowest BCUT2D eigenvalue weighted by atomic mass is 9.86. The van der Waals surface area contributed by atoms with Gasteiger partial charge in [0.2, 0.25) is 15.9 Å². The van der Waals surface area contributed by atoms with Crippen molar-refractivity contribution in [3.05, 3.63) is 65.5 Å². The van der Waals surface area contributed by atoms with Crippen LogP contribution in [0.4, 0.5) is 4.39 Å². The molecule has 7 heteroatoms. The van der Waals surface area contributed by atoms with Crippen LogP contribution in [0, 0.1) is 11.2 Å². The maximum atomic E-state index is 14.4. The number of primary amides is 1. The van der Waals surface area contributed by atoms with Gasteiger partial charge in [-0.05, 0) is 29.2 Å². The molecule has 0 aliphatic heterocycles. The molecule has 0 aromatic heterocycles. The van der Waals surface area contributed by atoms with Crippen LogP contribution in [0.25, 0.3) is 0 Å². The van der Waals surface area contributed by atoms with Gasteiger partial charge in [-0.25, -0.2) is 17.9 Å². The SMILES string of the molecule is CC1(C)C(c2ccc(S(N)(=O)=O)cc2)C1(C(N)=O)c1ccccc1F. The molecule has 1 fully saturated rings. The van der Waals surface area contributed by atoms with Gasteiger partial charge in [0.05, 0.1) is 10.3 Å². The normalized spacial score (nSPS) is 24.7. The summed E-state index contributed by atoms with van der Waals surface area (Å²) in [6.07, 6.45) is 0. The van der Waals surface area contributed by atoms with E-state index < -0.39 is 32.6 Å². The highest BCUT2D eigenvalue weighted by Gasteiger charge is 2.76. The third kappa shape index (κ3) is 2.38. The molecule has 1 saturated carbocycles. The molecule has 2 aromatic carbocycles. The molecule has 2 atom stereocenters. The summed E-state index contributed by atoms with van der Waals surface area (Å²) < 4.78 is 37.3. The molecular weight excluding hydrogens is 343 g/mol. The average Bonchev–Trinajstić information content (AvgIpc) is 3.04. The summed E-state index contributed by atoms with van der Waals surface area (Å²) in [5.41, 5.74) is 4.87. The van der Waals surface area contributed by atoms with Gasteiger partial charge in [-0.1, -0.05) is 44.2 Å². The van der Waals surface area contributed by atoms with Crippen molar-refractivity contribution in [2.24, 2.45) is 16.3 Å². The van der Waals surface area contributed by atoms with Crippen LogP contribution >= 0.6 is 0 Å². The second-order valence-electron chi connectivity index (χ2n) is 6.92. The highest BCUT2D eigenvalue weighted by Crippen LogP contribution is 2.74. The minimum absolute atomic E-state index is 0.0229. The number of sulfonamides is 1. The van der Waals surface area contributed by atoms with Crippen LogP contribution in [-0.2, 0) is 20.2 Å². The molecule has 2 aromatic rings. The van der Waals surface area contributed by atoms with E-state index in [1.54, 1.807) is 30.3 Å². The highest BCUT2D eigenvalue weighted by atomic mass is 32.2. The molecular formula is C18H19FN2O3S. The fraction of sp³-hybridized carbons (Fsp3) is 0.278. The molecule has 3 rings (SSSR count). The second kappa shape index (κ2) is 5.37. The summed E-state index contributed by atoms with van der Waals surface area (Å²) in [7, 11) is -3.81. The standard InChI is InChI=1S/C18H19FN2O3S/c1-17(2)15(11-7-9-12(10-8-11)25(21,23)24)18(17,16(20)22)13-5-3-4-6-14(13)19/h3-10,15H,1-2H3,(H2,20,22)(H2,21,23,24). The quantitative estimate of drug-likeness (QED) is 0.869. The minimum atomic E-state index is -3.81. The zero-order chi connectivity index (χ0) is 18.6. The van der Waals surface area contributed by atoms with Crippen LogP contribution in [0.1, 0.15) is 30.9 Å². The maximum absolute atomic E-state index is 14.4. The lowest BCUT2D eigenvalue weighted by Crippen LogP contribution is -2.34. The third-order valence-electron chi connectivity index (χ3n) is 5.32. The Labute approximate surface area is 145 Å². The van der Waals surface area contributed by atoms with Crippen molar-refractivity contribution in [2.75, 3.05) is 0 Å². The molecule has 0 spiro atoms. The van der Waals surface area contributed by atoms with E-state index in [2.05, 4.69) is 0 Å². The summed E-state index contributed by atoms with van der Waals surface area (Å²) in [4.78, 5) is 12.4. The number of halogens is 1. The summed E-state index contributed by atoms with van der Waals surface area (Å²) in [5.74, 6) is -1.47. The van der Waals surface area contributed by atoms with E-state index in [0.29, 0.717) is 5.56 Å².